The summed E-state index contributed by atoms with van der Waals surface area (Å²) in [6.45, 7) is 4.89. The summed E-state index contributed by atoms with van der Waals surface area (Å²) in [7, 11) is 0. The first-order valence-electron chi connectivity index (χ1n) is 9.40. The van der Waals surface area contributed by atoms with E-state index in [2.05, 4.69) is 13.8 Å². The molecule has 0 unspecified atom stereocenters. The lowest BCUT2D eigenvalue weighted by Gasteiger charge is -2.58. The first-order chi connectivity index (χ1) is 11.0. The SMILES string of the molecule is C[C@]12CC[C@H]3[C@@H](CCC4=CC(=O)CC[C@@]43C)[C@@H]1CC[C@@H]2SCF. The Hall–Kier alpha value is -0.310. The minimum Gasteiger partial charge on any atom is -0.295 e. The average Bonchev–Trinajstić information content (AvgIpc) is 2.85. The molecule has 0 N–H and O–H groups in total. The molecule has 0 amide bonds. The maximum absolute atomic E-state index is 12.9. The summed E-state index contributed by atoms with van der Waals surface area (Å²) in [4.78, 5) is 11.9. The molecule has 0 heterocycles. The summed E-state index contributed by atoms with van der Waals surface area (Å²) in [5, 5.41) is 0.524. The molecule has 4 aliphatic carbocycles. The van der Waals surface area contributed by atoms with Gasteiger partial charge < -0.3 is 0 Å². The predicted molar refractivity (Wildman–Crippen MR) is 94.1 cm³/mol. The van der Waals surface area contributed by atoms with E-state index in [1.54, 1.807) is 11.8 Å². The molecule has 6 atom stereocenters. The zero-order chi connectivity index (χ0) is 16.2. The van der Waals surface area contributed by atoms with Crippen LogP contribution in [0.1, 0.15) is 65.2 Å². The largest absolute Gasteiger partial charge is 0.295 e. The number of ketones is 1. The monoisotopic (exact) mass is 336 g/mol. The first kappa shape index (κ1) is 16.2. The lowest BCUT2D eigenvalue weighted by atomic mass is 9.47. The molecule has 0 bridgehead atoms. The summed E-state index contributed by atoms with van der Waals surface area (Å²) in [6.07, 6.45) is 11.2. The highest BCUT2D eigenvalue weighted by Gasteiger charge is 2.58. The van der Waals surface area contributed by atoms with E-state index in [4.69, 9.17) is 0 Å². The normalized spacial score (nSPS) is 49.2. The van der Waals surface area contributed by atoms with Crippen molar-refractivity contribution in [3.05, 3.63) is 11.6 Å². The molecule has 3 fully saturated rings. The van der Waals surface area contributed by atoms with Gasteiger partial charge in [-0.1, -0.05) is 19.4 Å². The summed E-state index contributed by atoms with van der Waals surface area (Å²) < 4.78 is 12.9. The lowest BCUT2D eigenvalue weighted by Crippen LogP contribution is -2.50. The summed E-state index contributed by atoms with van der Waals surface area (Å²) >= 11 is 1.56. The van der Waals surface area contributed by atoms with E-state index >= 15 is 0 Å². The van der Waals surface area contributed by atoms with Crippen molar-refractivity contribution in [1.82, 2.24) is 0 Å². The van der Waals surface area contributed by atoms with Crippen LogP contribution in [0.5, 0.6) is 0 Å². The van der Waals surface area contributed by atoms with Gasteiger partial charge in [-0.05, 0) is 79.6 Å². The van der Waals surface area contributed by atoms with Crippen molar-refractivity contribution in [2.75, 3.05) is 6.01 Å². The number of fused-ring (bicyclic) bond motifs is 5. The van der Waals surface area contributed by atoms with Crippen LogP contribution >= 0.6 is 11.8 Å². The topological polar surface area (TPSA) is 17.1 Å². The van der Waals surface area contributed by atoms with Crippen LogP contribution in [0.3, 0.4) is 0 Å². The van der Waals surface area contributed by atoms with Crippen molar-refractivity contribution in [3.63, 3.8) is 0 Å². The van der Waals surface area contributed by atoms with Crippen LogP contribution in [0.4, 0.5) is 4.39 Å². The van der Waals surface area contributed by atoms with Gasteiger partial charge in [-0.2, -0.15) is 0 Å². The molecule has 0 aromatic rings. The highest BCUT2D eigenvalue weighted by molar-refractivity contribution is 7.99. The maximum atomic E-state index is 12.9. The van der Waals surface area contributed by atoms with E-state index < -0.39 is 0 Å². The third-order valence-electron chi connectivity index (χ3n) is 8.14. The van der Waals surface area contributed by atoms with Crippen LogP contribution in [-0.2, 0) is 4.79 Å². The average molecular weight is 337 g/mol. The van der Waals surface area contributed by atoms with Gasteiger partial charge in [-0.25, -0.2) is 4.39 Å². The van der Waals surface area contributed by atoms with Gasteiger partial charge in [0.1, 0.15) is 6.01 Å². The number of allylic oxidation sites excluding steroid dienone is 1. The van der Waals surface area contributed by atoms with Crippen molar-refractivity contribution in [2.45, 2.75) is 70.5 Å². The molecule has 0 radical (unpaired) electrons. The number of hydrogen-bond acceptors (Lipinski definition) is 2. The Labute approximate surface area is 143 Å². The first-order valence-corrected chi connectivity index (χ1v) is 10.5. The molecule has 3 saturated carbocycles. The van der Waals surface area contributed by atoms with Gasteiger partial charge in [-0.3, -0.25) is 4.79 Å². The van der Waals surface area contributed by atoms with Crippen LogP contribution in [-0.4, -0.2) is 17.0 Å². The number of rotatable bonds is 2. The second-order valence-electron chi connectivity index (χ2n) is 8.86. The molecular weight excluding hydrogens is 307 g/mol. The van der Waals surface area contributed by atoms with Gasteiger partial charge in [0.15, 0.2) is 5.78 Å². The second-order valence-corrected chi connectivity index (χ2v) is 9.98. The van der Waals surface area contributed by atoms with Gasteiger partial charge in [0.25, 0.3) is 0 Å². The van der Waals surface area contributed by atoms with Crippen LogP contribution < -0.4 is 0 Å². The van der Waals surface area contributed by atoms with E-state index in [9.17, 15) is 9.18 Å². The molecule has 0 aliphatic heterocycles. The Morgan fingerprint density at radius 2 is 1.96 bits per heavy atom. The van der Waals surface area contributed by atoms with Crippen LogP contribution in [0.15, 0.2) is 11.6 Å². The molecule has 128 valence electrons. The number of thioether (sulfide) groups is 1. The molecule has 0 aromatic carbocycles. The molecule has 0 spiro atoms. The molecule has 0 saturated heterocycles. The minimum absolute atomic E-state index is 0.228. The quantitative estimate of drug-likeness (QED) is 0.658. The Morgan fingerprint density at radius 1 is 1.13 bits per heavy atom. The Morgan fingerprint density at radius 3 is 2.74 bits per heavy atom. The highest BCUT2D eigenvalue weighted by Crippen LogP contribution is 2.66. The fourth-order valence-corrected chi connectivity index (χ4v) is 7.99. The zero-order valence-corrected chi connectivity index (χ0v) is 15.3. The summed E-state index contributed by atoms with van der Waals surface area (Å²) in [6, 6.07) is -0.228. The number of halogens is 1. The van der Waals surface area contributed by atoms with Crippen LogP contribution in [0.2, 0.25) is 0 Å². The highest BCUT2D eigenvalue weighted by atomic mass is 32.2. The summed E-state index contributed by atoms with van der Waals surface area (Å²) in [5.74, 6) is 2.68. The fourth-order valence-electron chi connectivity index (χ4n) is 6.86. The van der Waals surface area contributed by atoms with E-state index in [0.29, 0.717) is 16.4 Å². The van der Waals surface area contributed by atoms with Gasteiger partial charge in [-0.15, -0.1) is 11.8 Å². The van der Waals surface area contributed by atoms with Crippen LogP contribution in [0, 0.1) is 28.6 Å². The number of hydrogen-bond donors (Lipinski definition) is 0. The van der Waals surface area contributed by atoms with Crippen molar-refractivity contribution in [1.29, 1.82) is 0 Å². The molecule has 23 heavy (non-hydrogen) atoms. The van der Waals surface area contributed by atoms with Gasteiger partial charge in [0, 0.05) is 11.7 Å². The van der Waals surface area contributed by atoms with E-state index in [0.717, 1.165) is 37.0 Å². The van der Waals surface area contributed by atoms with Crippen molar-refractivity contribution in [2.24, 2.45) is 28.6 Å². The smallest absolute Gasteiger partial charge is 0.155 e. The van der Waals surface area contributed by atoms with E-state index in [1.165, 1.54) is 37.7 Å². The Balaban J connectivity index is 1.63. The number of carbonyl (C=O) groups is 1. The van der Waals surface area contributed by atoms with Crippen LogP contribution in [0.25, 0.3) is 0 Å². The lowest BCUT2D eigenvalue weighted by molar-refractivity contribution is -0.117. The van der Waals surface area contributed by atoms with Crippen molar-refractivity contribution in [3.8, 4) is 0 Å². The van der Waals surface area contributed by atoms with Gasteiger partial charge >= 0.3 is 0 Å². The molecule has 4 rings (SSSR count). The van der Waals surface area contributed by atoms with Crippen molar-refractivity contribution >= 4 is 17.5 Å². The standard InChI is InChI=1S/C20H29FOS/c1-19-9-7-14(22)11-13(19)3-4-15-16-5-6-18(23-12-21)20(16,2)10-8-17(15)19/h11,15-18H,3-10,12H2,1-2H3/t15-,16-,17-,18-,19-,20-/m0/s1. The van der Waals surface area contributed by atoms with Crippen molar-refractivity contribution < 1.29 is 9.18 Å². The molecule has 0 aromatic heterocycles. The number of carbonyl (C=O) groups excluding carboxylic acids is 1. The molecular formula is C20H29FOS. The third-order valence-corrected chi connectivity index (χ3v) is 9.44. The minimum atomic E-state index is -0.228. The Kier molecular flexibility index (Phi) is 3.94. The predicted octanol–water partition coefficient (Wildman–Crippen LogP) is 5.55. The zero-order valence-electron chi connectivity index (χ0n) is 14.4. The maximum Gasteiger partial charge on any atom is 0.155 e. The van der Waals surface area contributed by atoms with E-state index in [1.807, 2.05) is 6.08 Å². The second kappa shape index (κ2) is 5.61. The molecule has 4 aliphatic rings. The molecule has 1 nitrogen and oxygen atoms in total. The fraction of sp³-hybridized carbons (Fsp3) is 0.850. The number of alkyl halides is 1. The molecule has 3 heteroatoms. The summed E-state index contributed by atoms with van der Waals surface area (Å²) in [5.41, 5.74) is 2.06. The van der Waals surface area contributed by atoms with Gasteiger partial charge in [0.2, 0.25) is 0 Å². The third kappa shape index (κ3) is 2.28. The Bertz CT molecular complexity index is 544. The van der Waals surface area contributed by atoms with E-state index in [-0.39, 0.29) is 11.4 Å². The van der Waals surface area contributed by atoms with Gasteiger partial charge in [0.05, 0.1) is 0 Å².